The van der Waals surface area contributed by atoms with Gasteiger partial charge in [0.1, 0.15) is 0 Å². The molecule has 2 aromatic rings. The number of hydrogen-bond acceptors (Lipinski definition) is 4. The second-order valence-corrected chi connectivity index (χ2v) is 6.10. The summed E-state index contributed by atoms with van der Waals surface area (Å²) in [5.41, 5.74) is 1.00. The molecular weight excluding hydrogens is 318 g/mol. The molecular formula is C16H16F2N4O2. The first-order valence-corrected chi connectivity index (χ1v) is 7.85. The molecule has 1 saturated heterocycles. The van der Waals surface area contributed by atoms with Crippen LogP contribution in [0.2, 0.25) is 0 Å². The minimum atomic E-state index is -0.957. The largest absolute Gasteiger partial charge is 0.368 e. The summed E-state index contributed by atoms with van der Waals surface area (Å²) in [5.74, 6) is -2.12. The summed E-state index contributed by atoms with van der Waals surface area (Å²) < 4.78 is 34.7. The van der Waals surface area contributed by atoms with E-state index in [0.717, 1.165) is 11.8 Å². The predicted octanol–water partition coefficient (Wildman–Crippen LogP) is 1.47. The Balaban J connectivity index is 1.45. The van der Waals surface area contributed by atoms with Crippen molar-refractivity contribution in [1.29, 1.82) is 0 Å². The molecule has 6 nitrogen and oxygen atoms in total. The maximum Gasteiger partial charge on any atom is 0.227 e. The molecule has 2 atom stereocenters. The summed E-state index contributed by atoms with van der Waals surface area (Å²) in [6.45, 7) is 1.36. The molecule has 1 amide bonds. The molecule has 4 rings (SSSR count). The van der Waals surface area contributed by atoms with E-state index < -0.39 is 11.6 Å². The zero-order valence-corrected chi connectivity index (χ0v) is 12.9. The molecule has 0 N–H and O–H groups in total. The van der Waals surface area contributed by atoms with E-state index >= 15 is 0 Å². The van der Waals surface area contributed by atoms with Crippen molar-refractivity contribution in [2.75, 3.05) is 13.1 Å². The van der Waals surface area contributed by atoms with Crippen molar-refractivity contribution >= 4 is 5.91 Å². The fourth-order valence-corrected chi connectivity index (χ4v) is 3.37. The van der Waals surface area contributed by atoms with Crippen molar-refractivity contribution < 1.29 is 18.3 Å². The maximum absolute atomic E-state index is 13.7. The van der Waals surface area contributed by atoms with Gasteiger partial charge in [0.05, 0.1) is 37.1 Å². The van der Waals surface area contributed by atoms with E-state index in [0.29, 0.717) is 26.1 Å². The van der Waals surface area contributed by atoms with Gasteiger partial charge in [-0.3, -0.25) is 4.79 Å². The van der Waals surface area contributed by atoms with Crippen LogP contribution in [0.15, 0.2) is 24.4 Å². The van der Waals surface area contributed by atoms with Crippen molar-refractivity contribution in [2.45, 2.75) is 31.6 Å². The molecule has 1 fully saturated rings. The third kappa shape index (κ3) is 2.56. The number of hydrogen-bond donors (Lipinski definition) is 0. The van der Waals surface area contributed by atoms with E-state index in [1.165, 1.54) is 12.1 Å². The molecule has 0 radical (unpaired) electrons. The van der Waals surface area contributed by atoms with Gasteiger partial charge in [-0.2, -0.15) is 0 Å². The number of fused-ring (bicyclic) bond motifs is 3. The predicted molar refractivity (Wildman–Crippen MR) is 78.9 cm³/mol. The normalized spacial score (nSPS) is 22.8. The summed E-state index contributed by atoms with van der Waals surface area (Å²) in [6.07, 6.45) is 2.06. The highest BCUT2D eigenvalue weighted by atomic mass is 19.2. The number of benzene rings is 1. The standard InChI is InChI=1S/C16H16F2N4O2/c17-12-3-1-2-10(16(12)18)6-15(23)21-5-4-13-14(8-21)24-9-11-7-19-20-22(11)13/h1-3,7,13-14H,4-6,8-9H2/t13-,14-/m0/s1. The van der Waals surface area contributed by atoms with Crippen LogP contribution in [0, 0.1) is 11.6 Å². The molecule has 0 spiro atoms. The lowest BCUT2D eigenvalue weighted by atomic mass is 9.99. The molecule has 0 aliphatic carbocycles. The van der Waals surface area contributed by atoms with Gasteiger partial charge in [-0.05, 0) is 12.5 Å². The molecule has 8 heteroatoms. The molecule has 0 unspecified atom stereocenters. The summed E-state index contributed by atoms with van der Waals surface area (Å²) in [6, 6.07) is 3.94. The molecule has 0 saturated carbocycles. The Labute approximate surface area is 137 Å². The fraction of sp³-hybridized carbons (Fsp3) is 0.438. The number of nitrogens with zero attached hydrogens (tertiary/aromatic N) is 4. The summed E-state index contributed by atoms with van der Waals surface area (Å²) in [7, 11) is 0. The van der Waals surface area contributed by atoms with Gasteiger partial charge in [0, 0.05) is 18.7 Å². The maximum atomic E-state index is 13.7. The van der Waals surface area contributed by atoms with Gasteiger partial charge < -0.3 is 9.64 Å². The monoisotopic (exact) mass is 334 g/mol. The Morgan fingerprint density at radius 2 is 2.25 bits per heavy atom. The van der Waals surface area contributed by atoms with Gasteiger partial charge in [-0.25, -0.2) is 13.5 Å². The van der Waals surface area contributed by atoms with Gasteiger partial charge in [0.25, 0.3) is 0 Å². The highest BCUT2D eigenvalue weighted by Gasteiger charge is 2.37. The van der Waals surface area contributed by atoms with Crippen LogP contribution in [0.5, 0.6) is 0 Å². The van der Waals surface area contributed by atoms with Crippen LogP contribution in [-0.2, 0) is 22.6 Å². The third-order valence-corrected chi connectivity index (χ3v) is 4.66. The van der Waals surface area contributed by atoms with E-state index in [-0.39, 0.29) is 30.0 Å². The van der Waals surface area contributed by atoms with Crippen LogP contribution < -0.4 is 0 Å². The first kappa shape index (κ1) is 15.2. The Kier molecular flexibility index (Phi) is 3.76. The van der Waals surface area contributed by atoms with E-state index in [1.807, 2.05) is 4.68 Å². The van der Waals surface area contributed by atoms with Crippen LogP contribution in [0.25, 0.3) is 0 Å². The van der Waals surface area contributed by atoms with Crippen LogP contribution in [0.1, 0.15) is 23.7 Å². The number of aromatic nitrogens is 3. The number of halogens is 2. The van der Waals surface area contributed by atoms with Crippen molar-refractivity contribution in [1.82, 2.24) is 19.9 Å². The SMILES string of the molecule is O=C(Cc1cccc(F)c1F)N1CC[C@H]2[C@H](C1)OCc1cnnn12. The summed E-state index contributed by atoms with van der Waals surface area (Å²) in [4.78, 5) is 14.1. The van der Waals surface area contributed by atoms with E-state index in [4.69, 9.17) is 4.74 Å². The zero-order chi connectivity index (χ0) is 16.7. The van der Waals surface area contributed by atoms with Gasteiger partial charge in [-0.15, -0.1) is 5.10 Å². The second-order valence-electron chi connectivity index (χ2n) is 6.10. The minimum Gasteiger partial charge on any atom is -0.368 e. The van der Waals surface area contributed by atoms with Gasteiger partial charge in [-0.1, -0.05) is 17.3 Å². The second kappa shape index (κ2) is 5.94. The summed E-state index contributed by atoms with van der Waals surface area (Å²) >= 11 is 0. The number of likely N-dealkylation sites (tertiary alicyclic amines) is 1. The topological polar surface area (TPSA) is 60.3 Å². The quantitative estimate of drug-likeness (QED) is 0.834. The van der Waals surface area contributed by atoms with Crippen LogP contribution in [-0.4, -0.2) is 45.0 Å². The van der Waals surface area contributed by atoms with E-state index in [1.54, 1.807) is 11.1 Å². The first-order chi connectivity index (χ1) is 11.6. The molecule has 126 valence electrons. The smallest absolute Gasteiger partial charge is 0.227 e. The number of amides is 1. The lowest BCUT2D eigenvalue weighted by molar-refractivity contribution is -0.139. The van der Waals surface area contributed by atoms with Gasteiger partial charge >= 0.3 is 0 Å². The van der Waals surface area contributed by atoms with Crippen LogP contribution >= 0.6 is 0 Å². The molecule has 1 aromatic heterocycles. The lowest BCUT2D eigenvalue weighted by Gasteiger charge is -2.41. The van der Waals surface area contributed by atoms with Crippen molar-refractivity contribution in [3.8, 4) is 0 Å². The number of ether oxygens (including phenoxy) is 1. The highest BCUT2D eigenvalue weighted by Crippen LogP contribution is 2.30. The third-order valence-electron chi connectivity index (χ3n) is 4.66. The molecule has 24 heavy (non-hydrogen) atoms. The number of rotatable bonds is 2. The molecule has 2 aliphatic rings. The van der Waals surface area contributed by atoms with Gasteiger partial charge in [0.2, 0.25) is 5.91 Å². The molecule has 3 heterocycles. The van der Waals surface area contributed by atoms with Crippen molar-refractivity contribution in [3.05, 3.63) is 47.3 Å². The van der Waals surface area contributed by atoms with Crippen molar-refractivity contribution in [2.24, 2.45) is 0 Å². The van der Waals surface area contributed by atoms with Crippen molar-refractivity contribution in [3.63, 3.8) is 0 Å². The Bertz CT molecular complexity index is 779. The lowest BCUT2D eigenvalue weighted by Crippen LogP contribution is -2.50. The number of piperidine rings is 1. The Morgan fingerprint density at radius 3 is 3.12 bits per heavy atom. The minimum absolute atomic E-state index is 0.0613. The molecule has 1 aromatic carbocycles. The Morgan fingerprint density at radius 1 is 1.38 bits per heavy atom. The number of carbonyl (C=O) groups is 1. The van der Waals surface area contributed by atoms with E-state index in [2.05, 4.69) is 10.3 Å². The number of carbonyl (C=O) groups excluding carboxylic acids is 1. The molecule has 0 bridgehead atoms. The fourth-order valence-electron chi connectivity index (χ4n) is 3.37. The van der Waals surface area contributed by atoms with Crippen LogP contribution in [0.3, 0.4) is 0 Å². The average Bonchev–Trinajstić information content (AvgIpc) is 3.07. The highest BCUT2D eigenvalue weighted by molar-refractivity contribution is 5.79. The van der Waals surface area contributed by atoms with E-state index in [9.17, 15) is 13.6 Å². The Hall–Kier alpha value is -2.35. The average molecular weight is 334 g/mol. The van der Waals surface area contributed by atoms with Crippen LogP contribution in [0.4, 0.5) is 8.78 Å². The zero-order valence-electron chi connectivity index (χ0n) is 12.9. The first-order valence-electron chi connectivity index (χ1n) is 7.85. The molecule has 2 aliphatic heterocycles. The van der Waals surface area contributed by atoms with Gasteiger partial charge in [0.15, 0.2) is 11.6 Å². The summed E-state index contributed by atoms with van der Waals surface area (Å²) in [5, 5.41) is 7.99.